The van der Waals surface area contributed by atoms with E-state index in [0.717, 1.165) is 17.5 Å². The van der Waals surface area contributed by atoms with E-state index in [4.69, 9.17) is 4.74 Å². The van der Waals surface area contributed by atoms with Crippen molar-refractivity contribution in [3.8, 4) is 5.75 Å². The summed E-state index contributed by atoms with van der Waals surface area (Å²) in [5, 5.41) is 2.96. The Bertz CT molecular complexity index is 856. The van der Waals surface area contributed by atoms with Crippen LogP contribution >= 0.6 is 0 Å². The van der Waals surface area contributed by atoms with Crippen LogP contribution in [0.4, 0.5) is 4.39 Å². The molecule has 2 atom stereocenters. The number of hydrogen-bond acceptors (Lipinski definition) is 3. The third-order valence-electron chi connectivity index (χ3n) is 5.01. The van der Waals surface area contributed by atoms with Crippen molar-refractivity contribution in [1.29, 1.82) is 0 Å². The van der Waals surface area contributed by atoms with Crippen LogP contribution < -0.4 is 10.1 Å². The van der Waals surface area contributed by atoms with Crippen LogP contribution in [0.25, 0.3) is 0 Å². The molecule has 5 nitrogen and oxygen atoms in total. The van der Waals surface area contributed by atoms with Crippen LogP contribution in [0.1, 0.15) is 44.7 Å². The first-order valence-corrected chi connectivity index (χ1v) is 10.4. The minimum absolute atomic E-state index is 0.0112. The Morgan fingerprint density at radius 2 is 1.83 bits per heavy atom. The predicted molar refractivity (Wildman–Crippen MR) is 116 cm³/mol. The van der Waals surface area contributed by atoms with E-state index in [-0.39, 0.29) is 36.8 Å². The molecule has 2 aromatic rings. The Hall–Kier alpha value is -2.89. The molecule has 0 fully saturated rings. The number of nitrogens with zero attached hydrogens (tertiary/aromatic N) is 1. The molecule has 2 unspecified atom stereocenters. The molecule has 0 spiro atoms. The SMILES string of the molecule is CCC(C)NC(=O)C(CC)N(Cc1cccc(C)c1)C(=O)COc1ccccc1F. The molecule has 0 aliphatic carbocycles. The number of benzene rings is 2. The fourth-order valence-corrected chi connectivity index (χ4v) is 3.15. The van der Waals surface area contributed by atoms with Gasteiger partial charge in [-0.1, -0.05) is 55.8 Å². The van der Waals surface area contributed by atoms with Gasteiger partial charge >= 0.3 is 0 Å². The van der Waals surface area contributed by atoms with E-state index in [1.807, 2.05) is 52.0 Å². The normalized spacial score (nSPS) is 12.7. The highest BCUT2D eigenvalue weighted by Crippen LogP contribution is 2.17. The third-order valence-corrected chi connectivity index (χ3v) is 5.01. The third kappa shape index (κ3) is 6.58. The predicted octanol–water partition coefficient (Wildman–Crippen LogP) is 4.24. The summed E-state index contributed by atoms with van der Waals surface area (Å²) in [6.07, 6.45) is 1.25. The first kappa shape index (κ1) is 23.4. The van der Waals surface area contributed by atoms with E-state index in [2.05, 4.69) is 5.32 Å². The summed E-state index contributed by atoms with van der Waals surface area (Å²) in [5.41, 5.74) is 1.99. The number of nitrogens with one attached hydrogen (secondary N) is 1. The van der Waals surface area contributed by atoms with Gasteiger partial charge in [-0.3, -0.25) is 9.59 Å². The summed E-state index contributed by atoms with van der Waals surface area (Å²) in [5.74, 6) is -1.08. The van der Waals surface area contributed by atoms with Gasteiger partial charge in [-0.25, -0.2) is 4.39 Å². The number of aryl methyl sites for hydroxylation is 1. The zero-order valence-corrected chi connectivity index (χ0v) is 18.2. The Morgan fingerprint density at radius 1 is 1.10 bits per heavy atom. The molecule has 0 aliphatic rings. The molecule has 162 valence electrons. The smallest absolute Gasteiger partial charge is 0.261 e. The van der Waals surface area contributed by atoms with Crippen LogP contribution in [0.15, 0.2) is 48.5 Å². The van der Waals surface area contributed by atoms with Crippen molar-refractivity contribution >= 4 is 11.8 Å². The van der Waals surface area contributed by atoms with Gasteiger partial charge < -0.3 is 15.0 Å². The summed E-state index contributed by atoms with van der Waals surface area (Å²) >= 11 is 0. The Labute approximate surface area is 178 Å². The molecule has 0 saturated carbocycles. The van der Waals surface area contributed by atoms with Crippen molar-refractivity contribution < 1.29 is 18.7 Å². The maximum absolute atomic E-state index is 13.9. The summed E-state index contributed by atoms with van der Waals surface area (Å²) in [7, 11) is 0. The van der Waals surface area contributed by atoms with Crippen molar-refractivity contribution in [3.05, 3.63) is 65.5 Å². The van der Waals surface area contributed by atoms with E-state index in [1.54, 1.807) is 12.1 Å². The Kier molecular flexibility index (Phi) is 8.84. The average molecular weight is 415 g/mol. The molecule has 0 aliphatic heterocycles. The van der Waals surface area contributed by atoms with E-state index in [0.29, 0.717) is 6.42 Å². The standard InChI is InChI=1S/C24H31FN2O3/c1-5-18(4)26-24(29)21(6-2)27(15-19-11-9-10-17(3)14-19)23(28)16-30-22-13-8-7-12-20(22)25/h7-14,18,21H,5-6,15-16H2,1-4H3,(H,26,29). The molecule has 2 amide bonds. The first-order valence-electron chi connectivity index (χ1n) is 10.4. The van der Waals surface area contributed by atoms with Gasteiger partial charge in [0.1, 0.15) is 6.04 Å². The number of para-hydroxylation sites is 1. The fourth-order valence-electron chi connectivity index (χ4n) is 3.15. The Morgan fingerprint density at radius 3 is 2.47 bits per heavy atom. The van der Waals surface area contributed by atoms with Crippen molar-refractivity contribution in [3.63, 3.8) is 0 Å². The second-order valence-electron chi connectivity index (χ2n) is 7.47. The lowest BCUT2D eigenvalue weighted by Crippen LogP contribution is -2.51. The van der Waals surface area contributed by atoms with Crippen LogP contribution in [0.3, 0.4) is 0 Å². The van der Waals surface area contributed by atoms with Crippen molar-refractivity contribution in [2.24, 2.45) is 0 Å². The van der Waals surface area contributed by atoms with Crippen molar-refractivity contribution in [2.45, 2.75) is 59.2 Å². The number of rotatable bonds is 10. The van der Waals surface area contributed by atoms with Gasteiger partial charge in [0.05, 0.1) is 0 Å². The molecule has 1 N–H and O–H groups in total. The van der Waals surface area contributed by atoms with E-state index < -0.39 is 11.9 Å². The Balaban J connectivity index is 2.23. The minimum atomic E-state index is -0.642. The highest BCUT2D eigenvalue weighted by Gasteiger charge is 2.29. The first-order chi connectivity index (χ1) is 14.3. The fraction of sp³-hybridized carbons (Fsp3) is 0.417. The van der Waals surface area contributed by atoms with E-state index in [9.17, 15) is 14.0 Å². The molecule has 0 heterocycles. The molecule has 2 rings (SSSR count). The summed E-state index contributed by atoms with van der Waals surface area (Å²) in [6.45, 7) is 7.69. The monoisotopic (exact) mass is 414 g/mol. The summed E-state index contributed by atoms with van der Waals surface area (Å²) < 4.78 is 19.3. The van der Waals surface area contributed by atoms with Crippen molar-refractivity contribution in [2.75, 3.05) is 6.61 Å². The molecule has 0 aromatic heterocycles. The molecular formula is C24H31FN2O3. The zero-order chi connectivity index (χ0) is 22.1. The van der Waals surface area contributed by atoms with Gasteiger partial charge in [0, 0.05) is 12.6 Å². The molecule has 30 heavy (non-hydrogen) atoms. The average Bonchev–Trinajstić information content (AvgIpc) is 2.72. The van der Waals surface area contributed by atoms with Crippen LogP contribution in [0, 0.1) is 12.7 Å². The number of carbonyl (C=O) groups excluding carboxylic acids is 2. The van der Waals surface area contributed by atoms with Gasteiger partial charge in [0.25, 0.3) is 5.91 Å². The summed E-state index contributed by atoms with van der Waals surface area (Å²) in [6, 6.07) is 13.1. The lowest BCUT2D eigenvalue weighted by atomic mass is 10.1. The molecule has 6 heteroatoms. The molecule has 2 aromatic carbocycles. The largest absolute Gasteiger partial charge is 0.481 e. The maximum atomic E-state index is 13.9. The topological polar surface area (TPSA) is 58.6 Å². The lowest BCUT2D eigenvalue weighted by Gasteiger charge is -2.31. The van der Waals surface area contributed by atoms with Gasteiger partial charge in [-0.05, 0) is 44.4 Å². The molecule has 0 saturated heterocycles. The number of halogens is 1. The maximum Gasteiger partial charge on any atom is 0.261 e. The van der Waals surface area contributed by atoms with Crippen molar-refractivity contribution in [1.82, 2.24) is 10.2 Å². The quantitative estimate of drug-likeness (QED) is 0.633. The lowest BCUT2D eigenvalue weighted by molar-refractivity contribution is -0.143. The summed E-state index contributed by atoms with van der Waals surface area (Å²) in [4.78, 5) is 27.5. The number of carbonyl (C=O) groups is 2. The number of amides is 2. The minimum Gasteiger partial charge on any atom is -0.481 e. The molecule has 0 bridgehead atoms. The molecule has 0 radical (unpaired) electrons. The van der Waals surface area contributed by atoms with Gasteiger partial charge in [-0.2, -0.15) is 0 Å². The second-order valence-corrected chi connectivity index (χ2v) is 7.47. The van der Waals surface area contributed by atoms with Gasteiger partial charge in [0.2, 0.25) is 5.91 Å². The van der Waals surface area contributed by atoms with Gasteiger partial charge in [-0.15, -0.1) is 0 Å². The van der Waals surface area contributed by atoms with Crippen LogP contribution in [0.5, 0.6) is 5.75 Å². The molecular weight excluding hydrogens is 383 g/mol. The highest BCUT2D eigenvalue weighted by atomic mass is 19.1. The van der Waals surface area contributed by atoms with E-state index in [1.165, 1.54) is 17.0 Å². The second kappa shape index (κ2) is 11.3. The van der Waals surface area contributed by atoms with Crippen LogP contribution in [0.2, 0.25) is 0 Å². The van der Waals surface area contributed by atoms with Crippen LogP contribution in [-0.4, -0.2) is 35.4 Å². The zero-order valence-electron chi connectivity index (χ0n) is 18.2. The van der Waals surface area contributed by atoms with Gasteiger partial charge in [0.15, 0.2) is 18.2 Å². The number of ether oxygens (including phenoxy) is 1. The number of hydrogen-bond donors (Lipinski definition) is 1. The van der Waals surface area contributed by atoms with Crippen LogP contribution in [-0.2, 0) is 16.1 Å². The van der Waals surface area contributed by atoms with E-state index >= 15 is 0 Å². The highest BCUT2D eigenvalue weighted by molar-refractivity contribution is 5.88.